The van der Waals surface area contributed by atoms with Gasteiger partial charge in [-0.2, -0.15) is 13.8 Å². The van der Waals surface area contributed by atoms with Gasteiger partial charge in [0.2, 0.25) is 11.7 Å². The second-order valence-electron chi connectivity index (χ2n) is 5.41. The van der Waals surface area contributed by atoms with Gasteiger partial charge in [0.1, 0.15) is 11.5 Å². The van der Waals surface area contributed by atoms with Gasteiger partial charge in [0.15, 0.2) is 0 Å². The van der Waals surface area contributed by atoms with Crippen molar-refractivity contribution in [1.82, 2.24) is 10.1 Å². The van der Waals surface area contributed by atoms with E-state index >= 15 is 0 Å². The van der Waals surface area contributed by atoms with E-state index in [2.05, 4.69) is 14.9 Å². The Morgan fingerprint density at radius 1 is 1.08 bits per heavy atom. The maximum absolute atomic E-state index is 12.5. The van der Waals surface area contributed by atoms with Gasteiger partial charge >= 0.3 is 6.61 Å². The first-order chi connectivity index (χ1) is 12.6. The summed E-state index contributed by atoms with van der Waals surface area (Å²) in [5, 5.41) is 3.87. The van der Waals surface area contributed by atoms with Crippen LogP contribution in [-0.2, 0) is 6.54 Å². The van der Waals surface area contributed by atoms with Crippen molar-refractivity contribution in [2.45, 2.75) is 13.2 Å². The van der Waals surface area contributed by atoms with E-state index in [-0.39, 0.29) is 11.6 Å². The predicted molar refractivity (Wildman–Crippen MR) is 91.5 cm³/mol. The quantitative estimate of drug-likeness (QED) is 0.634. The number of anilines is 1. The summed E-state index contributed by atoms with van der Waals surface area (Å²) < 4.78 is 40.2. The Morgan fingerprint density at radius 2 is 1.77 bits per heavy atom. The molecule has 0 spiro atoms. The topological polar surface area (TPSA) is 60.6 Å². The van der Waals surface area contributed by atoms with E-state index in [0.29, 0.717) is 23.7 Å². The van der Waals surface area contributed by atoms with Crippen LogP contribution in [0.25, 0.3) is 11.4 Å². The van der Waals surface area contributed by atoms with Gasteiger partial charge in [-0.1, -0.05) is 29.4 Å². The second kappa shape index (κ2) is 7.81. The molecule has 3 rings (SSSR count). The molecule has 6 nitrogen and oxygen atoms in total. The Bertz CT molecular complexity index is 870. The van der Waals surface area contributed by atoms with Crippen LogP contribution in [0.2, 0.25) is 0 Å². The molecular formula is C18H17F2N3O3. The molecule has 0 N–H and O–H groups in total. The molecule has 0 bridgehead atoms. The van der Waals surface area contributed by atoms with Crippen molar-refractivity contribution in [3.8, 4) is 22.9 Å². The van der Waals surface area contributed by atoms with Crippen LogP contribution in [0.1, 0.15) is 5.89 Å². The Hall–Kier alpha value is -3.16. The first-order valence-corrected chi connectivity index (χ1v) is 7.79. The highest BCUT2D eigenvalue weighted by atomic mass is 19.3. The molecule has 0 unspecified atom stereocenters. The molecule has 1 heterocycles. The second-order valence-corrected chi connectivity index (χ2v) is 5.41. The smallest absolute Gasteiger partial charge is 0.387 e. The molecule has 0 saturated heterocycles. The van der Waals surface area contributed by atoms with Gasteiger partial charge in [0, 0.05) is 7.05 Å². The highest BCUT2D eigenvalue weighted by molar-refractivity contribution is 5.63. The number of methoxy groups -OCH3 is 1. The lowest BCUT2D eigenvalue weighted by atomic mass is 10.2. The minimum Gasteiger partial charge on any atom is -0.495 e. The number of para-hydroxylation sites is 3. The fourth-order valence-electron chi connectivity index (χ4n) is 2.51. The molecule has 2 aromatic carbocycles. The van der Waals surface area contributed by atoms with Gasteiger partial charge in [0.05, 0.1) is 24.9 Å². The van der Waals surface area contributed by atoms with Crippen molar-refractivity contribution < 1.29 is 22.8 Å². The molecule has 0 fully saturated rings. The Kier molecular flexibility index (Phi) is 5.31. The molecule has 0 amide bonds. The van der Waals surface area contributed by atoms with Crippen LogP contribution in [0, 0.1) is 0 Å². The summed E-state index contributed by atoms with van der Waals surface area (Å²) in [6, 6.07) is 13.8. The third kappa shape index (κ3) is 3.90. The van der Waals surface area contributed by atoms with Gasteiger partial charge in [0.25, 0.3) is 0 Å². The third-order valence-corrected chi connectivity index (χ3v) is 3.68. The molecule has 136 valence electrons. The molecule has 0 aliphatic heterocycles. The van der Waals surface area contributed by atoms with Gasteiger partial charge < -0.3 is 18.9 Å². The molecule has 1 aromatic heterocycles. The summed E-state index contributed by atoms with van der Waals surface area (Å²) >= 11 is 0. The fraction of sp³-hybridized carbons (Fsp3) is 0.222. The SMILES string of the molecule is COc1ccccc1N(C)Cc1nc(-c2ccccc2OC(F)F)no1. The van der Waals surface area contributed by atoms with Crippen molar-refractivity contribution in [1.29, 1.82) is 0 Å². The average molecular weight is 361 g/mol. The predicted octanol–water partition coefficient (Wildman–Crippen LogP) is 3.98. The summed E-state index contributed by atoms with van der Waals surface area (Å²) in [6.07, 6.45) is 0. The highest BCUT2D eigenvalue weighted by Crippen LogP contribution is 2.30. The number of nitrogens with zero attached hydrogens (tertiary/aromatic N) is 3. The lowest BCUT2D eigenvalue weighted by Crippen LogP contribution is -2.17. The molecule has 8 heteroatoms. The number of rotatable bonds is 7. The van der Waals surface area contributed by atoms with Crippen LogP contribution in [0.15, 0.2) is 53.1 Å². The van der Waals surface area contributed by atoms with Crippen molar-refractivity contribution in [2.24, 2.45) is 0 Å². The maximum Gasteiger partial charge on any atom is 0.387 e. The van der Waals surface area contributed by atoms with Gasteiger partial charge in [-0.05, 0) is 24.3 Å². The zero-order chi connectivity index (χ0) is 18.5. The summed E-state index contributed by atoms with van der Waals surface area (Å²) in [6.45, 7) is -2.61. The maximum atomic E-state index is 12.5. The zero-order valence-corrected chi connectivity index (χ0v) is 14.2. The van der Waals surface area contributed by atoms with Gasteiger partial charge in [-0.15, -0.1) is 0 Å². The van der Waals surface area contributed by atoms with E-state index in [1.54, 1.807) is 25.3 Å². The molecule has 0 radical (unpaired) electrons. The van der Waals surface area contributed by atoms with Crippen LogP contribution < -0.4 is 14.4 Å². The number of alkyl halides is 2. The molecule has 26 heavy (non-hydrogen) atoms. The number of halogens is 2. The minimum absolute atomic E-state index is 0.00654. The molecule has 0 atom stereocenters. The van der Waals surface area contributed by atoms with Gasteiger partial charge in [-0.3, -0.25) is 0 Å². The lowest BCUT2D eigenvalue weighted by molar-refractivity contribution is -0.0494. The van der Waals surface area contributed by atoms with Crippen LogP contribution in [0.5, 0.6) is 11.5 Å². The largest absolute Gasteiger partial charge is 0.495 e. The van der Waals surface area contributed by atoms with E-state index in [9.17, 15) is 8.78 Å². The molecule has 0 saturated carbocycles. The third-order valence-electron chi connectivity index (χ3n) is 3.68. The van der Waals surface area contributed by atoms with E-state index in [4.69, 9.17) is 9.26 Å². The molecule has 0 aliphatic rings. The first-order valence-electron chi connectivity index (χ1n) is 7.79. The van der Waals surface area contributed by atoms with Crippen LogP contribution in [-0.4, -0.2) is 30.9 Å². The summed E-state index contributed by atoms with van der Waals surface area (Å²) in [5.74, 6) is 1.23. The van der Waals surface area contributed by atoms with E-state index in [1.807, 2.05) is 36.2 Å². The fourth-order valence-corrected chi connectivity index (χ4v) is 2.51. The standard InChI is InChI=1S/C18H17F2N3O3/c1-23(13-8-4-6-10-15(13)24-2)11-16-21-17(22-26-16)12-7-3-5-9-14(12)25-18(19)20/h3-10,18H,11H2,1-2H3. The number of benzene rings is 2. The van der Waals surface area contributed by atoms with E-state index in [1.165, 1.54) is 6.07 Å². The minimum atomic E-state index is -2.93. The van der Waals surface area contributed by atoms with Crippen LogP contribution in [0.3, 0.4) is 0 Å². The average Bonchev–Trinajstić information content (AvgIpc) is 3.09. The highest BCUT2D eigenvalue weighted by Gasteiger charge is 2.17. The Morgan fingerprint density at radius 3 is 2.50 bits per heavy atom. The summed E-state index contributed by atoms with van der Waals surface area (Å²) in [5.41, 5.74) is 1.19. The van der Waals surface area contributed by atoms with Crippen molar-refractivity contribution >= 4 is 5.69 Å². The lowest BCUT2D eigenvalue weighted by Gasteiger charge is -2.19. The van der Waals surface area contributed by atoms with Crippen LogP contribution >= 0.6 is 0 Å². The monoisotopic (exact) mass is 361 g/mol. The molecule has 0 aliphatic carbocycles. The number of hydrogen-bond acceptors (Lipinski definition) is 6. The zero-order valence-electron chi connectivity index (χ0n) is 14.2. The van der Waals surface area contributed by atoms with Crippen molar-refractivity contribution in [3.05, 3.63) is 54.4 Å². The van der Waals surface area contributed by atoms with E-state index < -0.39 is 6.61 Å². The van der Waals surface area contributed by atoms with Crippen molar-refractivity contribution in [3.63, 3.8) is 0 Å². The number of ether oxygens (including phenoxy) is 2. The van der Waals surface area contributed by atoms with E-state index in [0.717, 1.165) is 5.69 Å². The Balaban J connectivity index is 1.81. The normalized spacial score (nSPS) is 10.8. The van der Waals surface area contributed by atoms with Crippen LogP contribution in [0.4, 0.5) is 14.5 Å². The van der Waals surface area contributed by atoms with Gasteiger partial charge in [-0.25, -0.2) is 0 Å². The number of aromatic nitrogens is 2. The molecular weight excluding hydrogens is 344 g/mol. The first kappa shape index (κ1) is 17.7. The number of hydrogen-bond donors (Lipinski definition) is 0. The summed E-state index contributed by atoms with van der Waals surface area (Å²) in [7, 11) is 3.45. The van der Waals surface area contributed by atoms with Crippen molar-refractivity contribution in [2.75, 3.05) is 19.1 Å². The summed E-state index contributed by atoms with van der Waals surface area (Å²) in [4.78, 5) is 6.17. The Labute approximate surface area is 149 Å². The molecule has 3 aromatic rings.